The fourth-order valence-corrected chi connectivity index (χ4v) is 2.55. The summed E-state index contributed by atoms with van der Waals surface area (Å²) in [5.74, 6) is -2.44. The Morgan fingerprint density at radius 2 is 1.77 bits per heavy atom. The van der Waals surface area contributed by atoms with E-state index in [1.165, 1.54) is 24.3 Å². The molecule has 2 aromatic carbocycles. The van der Waals surface area contributed by atoms with E-state index in [1.54, 1.807) is 18.2 Å². The highest BCUT2D eigenvalue weighted by Crippen LogP contribution is 2.29. The third-order valence-corrected chi connectivity index (χ3v) is 4.17. The molecule has 0 aliphatic rings. The number of amides is 1. The van der Waals surface area contributed by atoms with E-state index in [1.807, 2.05) is 25.1 Å². The molecule has 0 spiro atoms. The van der Waals surface area contributed by atoms with Gasteiger partial charge in [-0.05, 0) is 18.2 Å². The Morgan fingerprint density at radius 3 is 2.37 bits per heavy atom. The van der Waals surface area contributed by atoms with Crippen LogP contribution in [0, 0.1) is 0 Å². The van der Waals surface area contributed by atoms with Crippen LogP contribution in [0.5, 0.6) is 0 Å². The number of nitrogens with one attached hydrogen (secondary N) is 1. The van der Waals surface area contributed by atoms with Crippen LogP contribution in [-0.2, 0) is 6.18 Å². The topological polar surface area (TPSA) is 88.3 Å². The molecule has 0 bridgehead atoms. The molecule has 0 aliphatic carbocycles. The van der Waals surface area contributed by atoms with Gasteiger partial charge in [0.05, 0.1) is 6.54 Å². The lowest BCUT2D eigenvalue weighted by molar-refractivity contribution is -0.159. The molecule has 10 heteroatoms. The van der Waals surface area contributed by atoms with E-state index >= 15 is 0 Å². The molecule has 1 N–H and O–H groups in total. The second-order valence-electron chi connectivity index (χ2n) is 6.55. The van der Waals surface area contributed by atoms with E-state index < -0.39 is 18.0 Å². The Balaban J connectivity index is 1.63. The van der Waals surface area contributed by atoms with Crippen LogP contribution < -0.4 is 10.2 Å². The first-order valence-corrected chi connectivity index (χ1v) is 8.75. The summed E-state index contributed by atoms with van der Waals surface area (Å²) in [6, 6.07) is 12.6. The standard InChI is InChI=1S/C20H17F3N4O3/c1-27(2)15-5-3-4-14(10-15)18(29)24-11-16(28)12-6-8-13(9-7-12)17-25-19(30-26-17)20(21,22)23/h3-10H,11H2,1-2H3,(H,24,29). The van der Waals surface area contributed by atoms with Gasteiger partial charge in [0.1, 0.15) is 0 Å². The zero-order valence-electron chi connectivity index (χ0n) is 16.0. The Hall–Kier alpha value is -3.69. The molecule has 3 aromatic rings. The number of aromatic nitrogens is 2. The van der Waals surface area contributed by atoms with Gasteiger partial charge in [-0.15, -0.1) is 0 Å². The molecule has 7 nitrogen and oxygen atoms in total. The average molecular weight is 418 g/mol. The van der Waals surface area contributed by atoms with E-state index in [0.29, 0.717) is 5.56 Å². The van der Waals surface area contributed by atoms with E-state index in [4.69, 9.17) is 0 Å². The van der Waals surface area contributed by atoms with Crippen LogP contribution in [0.2, 0.25) is 0 Å². The smallest absolute Gasteiger partial charge is 0.378 e. The predicted molar refractivity (Wildman–Crippen MR) is 102 cm³/mol. The number of benzene rings is 2. The van der Waals surface area contributed by atoms with Crippen LogP contribution in [0.3, 0.4) is 0 Å². The predicted octanol–water partition coefficient (Wildman–Crippen LogP) is 3.43. The summed E-state index contributed by atoms with van der Waals surface area (Å²) in [6.45, 7) is -0.231. The third-order valence-electron chi connectivity index (χ3n) is 4.17. The molecule has 1 amide bonds. The molecule has 1 heterocycles. The van der Waals surface area contributed by atoms with Crippen LogP contribution in [0.15, 0.2) is 53.1 Å². The highest BCUT2D eigenvalue weighted by molar-refractivity contribution is 6.02. The van der Waals surface area contributed by atoms with Gasteiger partial charge in [-0.1, -0.05) is 35.5 Å². The highest BCUT2D eigenvalue weighted by atomic mass is 19.4. The maximum atomic E-state index is 12.5. The van der Waals surface area contributed by atoms with Crippen molar-refractivity contribution in [3.05, 3.63) is 65.5 Å². The molecule has 30 heavy (non-hydrogen) atoms. The Morgan fingerprint density at radius 1 is 1.07 bits per heavy atom. The molecular weight excluding hydrogens is 401 g/mol. The lowest BCUT2D eigenvalue weighted by Gasteiger charge is -2.13. The van der Waals surface area contributed by atoms with Gasteiger partial charge >= 0.3 is 12.1 Å². The first-order valence-electron chi connectivity index (χ1n) is 8.75. The number of ketones is 1. The van der Waals surface area contributed by atoms with Gasteiger partial charge in [-0.25, -0.2) is 0 Å². The summed E-state index contributed by atoms with van der Waals surface area (Å²) >= 11 is 0. The number of hydrogen-bond acceptors (Lipinski definition) is 6. The first kappa shape index (κ1) is 21.0. The normalized spacial score (nSPS) is 11.2. The van der Waals surface area contributed by atoms with Crippen LogP contribution in [0.25, 0.3) is 11.4 Å². The van der Waals surface area contributed by atoms with Crippen LogP contribution in [0.4, 0.5) is 18.9 Å². The summed E-state index contributed by atoms with van der Waals surface area (Å²) in [5, 5.41) is 5.85. The van der Waals surface area contributed by atoms with Gasteiger partial charge in [-0.2, -0.15) is 18.2 Å². The lowest BCUT2D eigenvalue weighted by Crippen LogP contribution is -2.29. The number of Topliss-reactive ketones (excluding diaryl/α,β-unsaturated/α-hetero) is 1. The van der Waals surface area contributed by atoms with E-state index in [-0.39, 0.29) is 29.3 Å². The lowest BCUT2D eigenvalue weighted by atomic mass is 10.1. The fraction of sp³-hybridized carbons (Fsp3) is 0.200. The maximum Gasteiger partial charge on any atom is 0.471 e. The number of halogens is 3. The van der Waals surface area contributed by atoms with Gasteiger partial charge in [0.15, 0.2) is 5.78 Å². The molecule has 0 saturated carbocycles. The van der Waals surface area contributed by atoms with Crippen molar-refractivity contribution >= 4 is 17.4 Å². The Labute approximate surface area is 169 Å². The maximum absolute atomic E-state index is 12.5. The third kappa shape index (κ3) is 4.83. The molecule has 0 unspecified atom stereocenters. The van der Waals surface area contributed by atoms with E-state index in [0.717, 1.165) is 5.69 Å². The molecular formula is C20H17F3N4O3. The number of alkyl halides is 3. The molecule has 0 fully saturated rings. The second-order valence-corrected chi connectivity index (χ2v) is 6.55. The minimum Gasteiger partial charge on any atom is -0.378 e. The number of anilines is 1. The minimum atomic E-state index is -4.73. The summed E-state index contributed by atoms with van der Waals surface area (Å²) in [6.07, 6.45) is -4.73. The van der Waals surface area contributed by atoms with Gasteiger partial charge in [0.25, 0.3) is 5.91 Å². The second kappa shape index (κ2) is 8.36. The minimum absolute atomic E-state index is 0.231. The zero-order valence-corrected chi connectivity index (χ0v) is 16.0. The average Bonchev–Trinajstić information content (AvgIpc) is 3.23. The van der Waals surface area contributed by atoms with Crippen molar-refractivity contribution in [3.63, 3.8) is 0 Å². The molecule has 0 radical (unpaired) electrons. The molecule has 1 aromatic heterocycles. The van der Waals surface area contributed by atoms with Crippen LogP contribution in [0.1, 0.15) is 26.6 Å². The molecule has 3 rings (SSSR count). The molecule has 0 aliphatic heterocycles. The number of carbonyl (C=O) groups excluding carboxylic acids is 2. The van der Waals surface area contributed by atoms with Crippen molar-refractivity contribution in [2.24, 2.45) is 0 Å². The van der Waals surface area contributed by atoms with Crippen molar-refractivity contribution in [2.75, 3.05) is 25.5 Å². The van der Waals surface area contributed by atoms with Gasteiger partial charge in [0.2, 0.25) is 5.82 Å². The highest BCUT2D eigenvalue weighted by Gasteiger charge is 2.38. The van der Waals surface area contributed by atoms with Crippen molar-refractivity contribution in [2.45, 2.75) is 6.18 Å². The summed E-state index contributed by atoms with van der Waals surface area (Å²) in [4.78, 5) is 29.7. The Bertz CT molecular complexity index is 1060. The van der Waals surface area contributed by atoms with E-state index in [2.05, 4.69) is 20.0 Å². The number of carbonyl (C=O) groups is 2. The van der Waals surface area contributed by atoms with Gasteiger partial charge < -0.3 is 14.7 Å². The van der Waals surface area contributed by atoms with Gasteiger partial charge in [0, 0.05) is 36.5 Å². The summed E-state index contributed by atoms with van der Waals surface area (Å²) < 4.78 is 41.8. The molecule has 156 valence electrons. The fourth-order valence-electron chi connectivity index (χ4n) is 2.55. The van der Waals surface area contributed by atoms with Crippen molar-refractivity contribution in [3.8, 4) is 11.4 Å². The first-order chi connectivity index (χ1) is 14.1. The van der Waals surface area contributed by atoms with Gasteiger partial charge in [-0.3, -0.25) is 9.59 Å². The van der Waals surface area contributed by atoms with Crippen LogP contribution in [-0.4, -0.2) is 42.5 Å². The quantitative estimate of drug-likeness (QED) is 0.617. The summed E-state index contributed by atoms with van der Waals surface area (Å²) in [5.41, 5.74) is 1.80. The zero-order chi connectivity index (χ0) is 21.9. The van der Waals surface area contributed by atoms with Crippen molar-refractivity contribution in [1.29, 1.82) is 0 Å². The molecule has 0 atom stereocenters. The number of rotatable bonds is 6. The summed E-state index contributed by atoms with van der Waals surface area (Å²) in [7, 11) is 3.70. The van der Waals surface area contributed by atoms with E-state index in [9.17, 15) is 22.8 Å². The molecule has 0 saturated heterocycles. The number of nitrogens with zero attached hydrogens (tertiary/aromatic N) is 3. The van der Waals surface area contributed by atoms with Crippen molar-refractivity contribution in [1.82, 2.24) is 15.5 Å². The monoisotopic (exact) mass is 418 g/mol. The Kier molecular flexibility index (Phi) is 5.86. The largest absolute Gasteiger partial charge is 0.471 e. The van der Waals surface area contributed by atoms with Crippen LogP contribution >= 0.6 is 0 Å². The SMILES string of the molecule is CN(C)c1cccc(C(=O)NCC(=O)c2ccc(-c3noc(C(F)(F)F)n3)cc2)c1. The number of hydrogen-bond donors (Lipinski definition) is 1. The van der Waals surface area contributed by atoms with Crippen molar-refractivity contribution < 1.29 is 27.3 Å².